The zero-order chi connectivity index (χ0) is 16.3. The Balaban J connectivity index is 2.44. The van der Waals surface area contributed by atoms with Gasteiger partial charge in [-0.25, -0.2) is 23.1 Å². The number of nitrogens with one attached hydrogen (secondary N) is 1. The fraction of sp³-hybridized carbons (Fsp3) is 0.500. The molecule has 0 aliphatic carbocycles. The highest BCUT2D eigenvalue weighted by Gasteiger charge is 2.21. The quantitative estimate of drug-likeness (QED) is 0.869. The molecule has 8 heteroatoms. The molecule has 0 saturated heterocycles. The first-order valence-electron chi connectivity index (χ1n) is 7.11. The Morgan fingerprint density at radius 2 is 2.00 bits per heavy atom. The number of pyridine rings is 1. The Labute approximate surface area is 130 Å². The predicted molar refractivity (Wildman–Crippen MR) is 84.1 cm³/mol. The van der Waals surface area contributed by atoms with Crippen molar-refractivity contribution in [2.45, 2.75) is 33.2 Å². The first-order valence-corrected chi connectivity index (χ1v) is 9.00. The molecule has 0 spiro atoms. The van der Waals surface area contributed by atoms with E-state index in [0.29, 0.717) is 23.4 Å². The molecule has 0 saturated carbocycles. The Kier molecular flexibility index (Phi) is 4.92. The van der Waals surface area contributed by atoms with Crippen LogP contribution in [0.4, 0.5) is 0 Å². The lowest BCUT2D eigenvalue weighted by Gasteiger charge is -2.12. The number of rotatable bonds is 6. The summed E-state index contributed by atoms with van der Waals surface area (Å²) < 4.78 is 27.1. The van der Waals surface area contributed by atoms with Gasteiger partial charge in [-0.05, 0) is 25.0 Å². The van der Waals surface area contributed by atoms with Crippen molar-refractivity contribution in [2.24, 2.45) is 5.92 Å². The van der Waals surface area contributed by atoms with Crippen LogP contribution >= 0.6 is 0 Å². The summed E-state index contributed by atoms with van der Waals surface area (Å²) in [6.07, 6.45) is 3.51. The maximum Gasteiger partial charge on any atom is 0.209 e. The van der Waals surface area contributed by atoms with Gasteiger partial charge in [0.25, 0.3) is 0 Å². The highest BCUT2D eigenvalue weighted by Crippen LogP contribution is 2.16. The van der Waals surface area contributed by atoms with Gasteiger partial charge >= 0.3 is 0 Å². The molecule has 1 atom stereocenters. The van der Waals surface area contributed by atoms with Gasteiger partial charge in [-0.2, -0.15) is 4.68 Å². The smallest absolute Gasteiger partial charge is 0.209 e. The van der Waals surface area contributed by atoms with Crippen LogP contribution in [0, 0.1) is 5.92 Å². The van der Waals surface area contributed by atoms with Crippen molar-refractivity contribution in [3.63, 3.8) is 0 Å². The Morgan fingerprint density at radius 3 is 2.55 bits per heavy atom. The SMILES string of the molecule is CC(C)Cc1nc([C@@H](C)NS(C)(=O)=O)n(-c2ccccn2)n1. The van der Waals surface area contributed by atoms with Gasteiger partial charge in [-0.15, -0.1) is 5.10 Å². The predicted octanol–water partition coefficient (Wildman–Crippen LogP) is 1.47. The molecule has 0 amide bonds. The second-order valence-electron chi connectivity index (χ2n) is 5.70. The zero-order valence-corrected chi connectivity index (χ0v) is 14.0. The molecule has 2 rings (SSSR count). The summed E-state index contributed by atoms with van der Waals surface area (Å²) in [6, 6.07) is 4.98. The van der Waals surface area contributed by atoms with E-state index < -0.39 is 16.1 Å². The van der Waals surface area contributed by atoms with Gasteiger partial charge in [0.05, 0.1) is 12.3 Å². The normalized spacial score (nSPS) is 13.5. The van der Waals surface area contributed by atoms with Crippen molar-refractivity contribution in [1.29, 1.82) is 0 Å². The van der Waals surface area contributed by atoms with Gasteiger partial charge in [-0.3, -0.25) is 0 Å². The molecule has 0 fully saturated rings. The minimum atomic E-state index is -3.34. The molecule has 0 aliphatic rings. The van der Waals surface area contributed by atoms with E-state index in [2.05, 4.69) is 33.6 Å². The molecule has 2 aromatic heterocycles. The second kappa shape index (κ2) is 6.53. The van der Waals surface area contributed by atoms with Gasteiger partial charge < -0.3 is 0 Å². The fourth-order valence-corrected chi connectivity index (χ4v) is 2.87. The molecular weight excluding hydrogens is 302 g/mol. The summed E-state index contributed by atoms with van der Waals surface area (Å²) in [5, 5.41) is 4.48. The van der Waals surface area contributed by atoms with Gasteiger partial charge in [0.1, 0.15) is 0 Å². The zero-order valence-electron chi connectivity index (χ0n) is 13.2. The summed E-state index contributed by atoms with van der Waals surface area (Å²) in [4.78, 5) is 8.76. The number of nitrogens with zero attached hydrogens (tertiary/aromatic N) is 4. The van der Waals surface area contributed by atoms with Crippen LogP contribution < -0.4 is 4.72 Å². The van der Waals surface area contributed by atoms with Gasteiger partial charge in [0, 0.05) is 12.6 Å². The van der Waals surface area contributed by atoms with Crippen LogP contribution in [-0.4, -0.2) is 34.4 Å². The number of hydrogen-bond acceptors (Lipinski definition) is 5. The lowest BCUT2D eigenvalue weighted by atomic mass is 10.1. The van der Waals surface area contributed by atoms with E-state index >= 15 is 0 Å². The third-order valence-corrected chi connectivity index (χ3v) is 3.69. The van der Waals surface area contributed by atoms with Crippen molar-refractivity contribution >= 4 is 10.0 Å². The molecule has 1 N–H and O–H groups in total. The second-order valence-corrected chi connectivity index (χ2v) is 7.48. The minimum absolute atomic E-state index is 0.408. The van der Waals surface area contributed by atoms with Crippen molar-refractivity contribution < 1.29 is 8.42 Å². The highest BCUT2D eigenvalue weighted by molar-refractivity contribution is 7.88. The highest BCUT2D eigenvalue weighted by atomic mass is 32.2. The van der Waals surface area contributed by atoms with Crippen molar-refractivity contribution in [3.8, 4) is 5.82 Å². The number of hydrogen-bond donors (Lipinski definition) is 1. The van der Waals surface area contributed by atoms with Gasteiger partial charge in [0.15, 0.2) is 17.5 Å². The van der Waals surface area contributed by atoms with Crippen LogP contribution in [0.1, 0.15) is 38.5 Å². The number of sulfonamides is 1. The molecule has 0 bridgehead atoms. The van der Waals surface area contributed by atoms with Crippen LogP contribution in [0.15, 0.2) is 24.4 Å². The standard InChI is InChI=1S/C14H21N5O2S/c1-10(2)9-12-16-14(11(3)18-22(4,20)21)19(17-12)13-7-5-6-8-15-13/h5-8,10-11,18H,9H2,1-4H3/t11-/m1/s1. The molecular formula is C14H21N5O2S. The van der Waals surface area contributed by atoms with Crippen molar-refractivity contribution in [1.82, 2.24) is 24.5 Å². The molecule has 22 heavy (non-hydrogen) atoms. The van der Waals surface area contributed by atoms with Crippen LogP contribution in [0.25, 0.3) is 5.82 Å². The molecule has 2 aromatic rings. The summed E-state index contributed by atoms with van der Waals surface area (Å²) in [5.41, 5.74) is 0. The first kappa shape index (κ1) is 16.6. The van der Waals surface area contributed by atoms with E-state index in [9.17, 15) is 8.42 Å². The third-order valence-electron chi connectivity index (χ3n) is 2.91. The molecule has 120 valence electrons. The van der Waals surface area contributed by atoms with Crippen molar-refractivity contribution in [2.75, 3.05) is 6.26 Å². The Hall–Kier alpha value is -1.80. The fourth-order valence-electron chi connectivity index (χ4n) is 2.12. The average Bonchev–Trinajstić information content (AvgIpc) is 2.81. The summed E-state index contributed by atoms with van der Waals surface area (Å²) in [5.74, 6) is 2.23. The number of aromatic nitrogens is 4. The maximum atomic E-state index is 11.5. The van der Waals surface area contributed by atoms with Crippen LogP contribution in [0.2, 0.25) is 0 Å². The average molecular weight is 323 g/mol. The van der Waals surface area contributed by atoms with E-state index in [1.807, 2.05) is 18.2 Å². The molecule has 0 unspecified atom stereocenters. The Bertz CT molecular complexity index is 725. The van der Waals surface area contributed by atoms with Gasteiger partial charge in [-0.1, -0.05) is 19.9 Å². The molecule has 0 aliphatic heterocycles. The molecule has 2 heterocycles. The minimum Gasteiger partial charge on any atom is -0.237 e. The summed E-state index contributed by atoms with van der Waals surface area (Å²) in [7, 11) is -3.34. The molecule has 7 nitrogen and oxygen atoms in total. The van der Waals surface area contributed by atoms with Crippen LogP contribution in [0.5, 0.6) is 0 Å². The largest absolute Gasteiger partial charge is 0.237 e. The molecule has 0 radical (unpaired) electrons. The van der Waals surface area contributed by atoms with E-state index in [-0.39, 0.29) is 0 Å². The first-order chi connectivity index (χ1) is 10.3. The lowest BCUT2D eigenvalue weighted by molar-refractivity contribution is 0.559. The van der Waals surface area contributed by atoms with E-state index in [4.69, 9.17) is 0 Å². The topological polar surface area (TPSA) is 89.8 Å². The summed E-state index contributed by atoms with van der Waals surface area (Å²) >= 11 is 0. The van der Waals surface area contributed by atoms with Crippen LogP contribution in [0.3, 0.4) is 0 Å². The van der Waals surface area contributed by atoms with E-state index in [1.54, 1.807) is 17.8 Å². The monoisotopic (exact) mass is 323 g/mol. The molecule has 0 aromatic carbocycles. The van der Waals surface area contributed by atoms with E-state index in [1.165, 1.54) is 0 Å². The lowest BCUT2D eigenvalue weighted by Crippen LogP contribution is -2.27. The van der Waals surface area contributed by atoms with Gasteiger partial charge in [0.2, 0.25) is 10.0 Å². The van der Waals surface area contributed by atoms with E-state index in [0.717, 1.165) is 12.7 Å². The summed E-state index contributed by atoms with van der Waals surface area (Å²) in [6.45, 7) is 5.91. The maximum absolute atomic E-state index is 11.5. The third kappa shape index (κ3) is 4.35. The Morgan fingerprint density at radius 1 is 1.27 bits per heavy atom. The van der Waals surface area contributed by atoms with Crippen LogP contribution in [-0.2, 0) is 16.4 Å². The van der Waals surface area contributed by atoms with Crippen molar-refractivity contribution in [3.05, 3.63) is 36.0 Å².